The summed E-state index contributed by atoms with van der Waals surface area (Å²) in [5, 5.41) is 5.61. The minimum atomic E-state index is -0.366. The van der Waals surface area contributed by atoms with Crippen molar-refractivity contribution in [1.29, 1.82) is 0 Å². The van der Waals surface area contributed by atoms with E-state index >= 15 is 0 Å². The van der Waals surface area contributed by atoms with Crippen molar-refractivity contribution >= 4 is 27.5 Å². The lowest BCUT2D eigenvalue weighted by Gasteiger charge is -2.09. The molecule has 0 saturated heterocycles. The Bertz CT molecular complexity index is 401. The summed E-state index contributed by atoms with van der Waals surface area (Å²) in [5.74, 6) is 0.181. The van der Waals surface area contributed by atoms with E-state index < -0.39 is 0 Å². The standard InChI is InChI=1S/C12H14BrFN2O/c13-9-2-1-3-10(14)12(9)16-7-11(17)15-6-8-4-5-8/h1-3,8,16H,4-7H2,(H,15,17). The van der Waals surface area contributed by atoms with Gasteiger partial charge in [0, 0.05) is 11.0 Å². The number of halogens is 2. The van der Waals surface area contributed by atoms with Crippen molar-refractivity contribution in [3.63, 3.8) is 0 Å². The Hall–Kier alpha value is -1.10. The molecule has 17 heavy (non-hydrogen) atoms. The number of nitrogens with one attached hydrogen (secondary N) is 2. The van der Waals surface area contributed by atoms with Crippen LogP contribution in [0.4, 0.5) is 10.1 Å². The van der Waals surface area contributed by atoms with Crippen molar-refractivity contribution in [3.05, 3.63) is 28.5 Å². The molecule has 0 heterocycles. The van der Waals surface area contributed by atoms with Gasteiger partial charge in [0.2, 0.25) is 5.91 Å². The molecule has 2 N–H and O–H groups in total. The van der Waals surface area contributed by atoms with E-state index in [1.54, 1.807) is 12.1 Å². The molecule has 3 nitrogen and oxygen atoms in total. The lowest BCUT2D eigenvalue weighted by Crippen LogP contribution is -2.31. The first-order chi connectivity index (χ1) is 8.16. The molecule has 1 fully saturated rings. The highest BCUT2D eigenvalue weighted by Gasteiger charge is 2.21. The highest BCUT2D eigenvalue weighted by molar-refractivity contribution is 9.10. The van der Waals surface area contributed by atoms with Gasteiger partial charge in [0.05, 0.1) is 12.2 Å². The summed E-state index contributed by atoms with van der Waals surface area (Å²) < 4.78 is 14.0. The fourth-order valence-electron chi connectivity index (χ4n) is 1.48. The van der Waals surface area contributed by atoms with Crippen LogP contribution in [0.5, 0.6) is 0 Å². The zero-order valence-corrected chi connectivity index (χ0v) is 10.9. The average molecular weight is 301 g/mol. The van der Waals surface area contributed by atoms with Gasteiger partial charge >= 0.3 is 0 Å². The van der Waals surface area contributed by atoms with Crippen LogP contribution < -0.4 is 10.6 Å². The van der Waals surface area contributed by atoms with Crippen LogP contribution in [-0.2, 0) is 4.79 Å². The van der Waals surface area contributed by atoms with Gasteiger partial charge < -0.3 is 10.6 Å². The number of amides is 1. The minimum Gasteiger partial charge on any atom is -0.373 e. The normalized spacial score (nSPS) is 14.5. The van der Waals surface area contributed by atoms with E-state index in [4.69, 9.17) is 0 Å². The highest BCUT2D eigenvalue weighted by Crippen LogP contribution is 2.27. The number of benzene rings is 1. The lowest BCUT2D eigenvalue weighted by atomic mass is 10.3. The quantitative estimate of drug-likeness (QED) is 0.877. The lowest BCUT2D eigenvalue weighted by molar-refractivity contribution is -0.119. The molecule has 1 amide bonds. The Morgan fingerprint density at radius 3 is 2.88 bits per heavy atom. The molecule has 92 valence electrons. The van der Waals surface area contributed by atoms with Gasteiger partial charge in [-0.2, -0.15) is 0 Å². The molecule has 0 aliphatic heterocycles. The van der Waals surface area contributed by atoms with Gasteiger partial charge in [0.15, 0.2) is 0 Å². The number of carbonyl (C=O) groups is 1. The summed E-state index contributed by atoms with van der Waals surface area (Å²) in [7, 11) is 0. The first kappa shape index (κ1) is 12.4. The molecule has 1 aromatic carbocycles. The van der Waals surface area contributed by atoms with Crippen molar-refractivity contribution in [2.75, 3.05) is 18.4 Å². The van der Waals surface area contributed by atoms with E-state index in [0.717, 1.165) is 6.54 Å². The van der Waals surface area contributed by atoms with Crippen LogP contribution in [-0.4, -0.2) is 19.0 Å². The van der Waals surface area contributed by atoms with Gasteiger partial charge in [-0.15, -0.1) is 0 Å². The van der Waals surface area contributed by atoms with Crippen LogP contribution in [0.2, 0.25) is 0 Å². The van der Waals surface area contributed by atoms with Gasteiger partial charge in [0.25, 0.3) is 0 Å². The third-order valence-electron chi connectivity index (χ3n) is 2.67. The van der Waals surface area contributed by atoms with Crippen molar-refractivity contribution < 1.29 is 9.18 Å². The molecule has 2 rings (SSSR count). The molecule has 0 unspecified atom stereocenters. The number of hydrogen-bond donors (Lipinski definition) is 2. The molecule has 1 saturated carbocycles. The second-order valence-corrected chi connectivity index (χ2v) is 5.05. The topological polar surface area (TPSA) is 41.1 Å². The zero-order valence-electron chi connectivity index (χ0n) is 9.30. The van der Waals surface area contributed by atoms with Crippen molar-refractivity contribution in [3.8, 4) is 0 Å². The summed E-state index contributed by atoms with van der Waals surface area (Å²) in [6.07, 6.45) is 2.40. The molecule has 1 aliphatic carbocycles. The largest absolute Gasteiger partial charge is 0.373 e. The maximum atomic E-state index is 13.4. The maximum absolute atomic E-state index is 13.4. The Morgan fingerprint density at radius 1 is 1.47 bits per heavy atom. The Labute approximate surface area is 108 Å². The first-order valence-electron chi connectivity index (χ1n) is 5.61. The van der Waals surface area contributed by atoms with Gasteiger partial charge in [-0.05, 0) is 46.8 Å². The molecule has 0 atom stereocenters. The van der Waals surface area contributed by atoms with Crippen molar-refractivity contribution in [2.24, 2.45) is 5.92 Å². The third-order valence-corrected chi connectivity index (χ3v) is 3.33. The van der Waals surface area contributed by atoms with Gasteiger partial charge in [-0.25, -0.2) is 4.39 Å². The van der Waals surface area contributed by atoms with E-state index in [1.165, 1.54) is 18.9 Å². The predicted octanol–water partition coefficient (Wildman–Crippen LogP) is 2.53. The Morgan fingerprint density at radius 2 is 2.24 bits per heavy atom. The molecule has 0 spiro atoms. The van der Waals surface area contributed by atoms with Crippen molar-refractivity contribution in [2.45, 2.75) is 12.8 Å². The van der Waals surface area contributed by atoms with E-state index in [2.05, 4.69) is 26.6 Å². The molecule has 5 heteroatoms. The van der Waals surface area contributed by atoms with Gasteiger partial charge in [-0.1, -0.05) is 6.07 Å². The smallest absolute Gasteiger partial charge is 0.239 e. The molecular formula is C12H14BrFN2O. The number of anilines is 1. The number of para-hydroxylation sites is 1. The third kappa shape index (κ3) is 3.70. The van der Waals surface area contributed by atoms with Crippen LogP contribution in [0.15, 0.2) is 22.7 Å². The van der Waals surface area contributed by atoms with Crippen LogP contribution >= 0.6 is 15.9 Å². The average Bonchev–Trinajstić information content (AvgIpc) is 3.09. The summed E-state index contributed by atoms with van der Waals surface area (Å²) >= 11 is 3.24. The maximum Gasteiger partial charge on any atom is 0.239 e. The van der Waals surface area contributed by atoms with Crippen LogP contribution in [0.1, 0.15) is 12.8 Å². The number of rotatable bonds is 5. The van der Waals surface area contributed by atoms with E-state index in [-0.39, 0.29) is 18.3 Å². The zero-order chi connectivity index (χ0) is 12.3. The summed E-state index contributed by atoms with van der Waals surface area (Å²) in [4.78, 5) is 11.5. The second kappa shape index (κ2) is 5.49. The monoisotopic (exact) mass is 300 g/mol. The number of hydrogen-bond acceptors (Lipinski definition) is 2. The van der Waals surface area contributed by atoms with E-state index in [9.17, 15) is 9.18 Å². The second-order valence-electron chi connectivity index (χ2n) is 4.20. The molecule has 1 aromatic rings. The number of carbonyl (C=O) groups excluding carboxylic acids is 1. The fraction of sp³-hybridized carbons (Fsp3) is 0.417. The van der Waals surface area contributed by atoms with Gasteiger partial charge in [0.1, 0.15) is 5.82 Å². The minimum absolute atomic E-state index is 0.0895. The molecular weight excluding hydrogens is 287 g/mol. The highest BCUT2D eigenvalue weighted by atomic mass is 79.9. The Kier molecular flexibility index (Phi) is 3.99. The SMILES string of the molecule is O=C(CNc1c(F)cccc1Br)NCC1CC1. The fourth-order valence-corrected chi connectivity index (χ4v) is 1.96. The predicted molar refractivity (Wildman–Crippen MR) is 68.3 cm³/mol. The van der Waals surface area contributed by atoms with Gasteiger partial charge in [-0.3, -0.25) is 4.79 Å². The molecule has 0 aromatic heterocycles. The summed E-state index contributed by atoms with van der Waals surface area (Å²) in [6.45, 7) is 0.825. The van der Waals surface area contributed by atoms with E-state index in [1.807, 2.05) is 0 Å². The van der Waals surface area contributed by atoms with E-state index in [0.29, 0.717) is 16.1 Å². The van der Waals surface area contributed by atoms with Crippen LogP contribution in [0, 0.1) is 11.7 Å². The Balaban J connectivity index is 1.81. The molecule has 0 radical (unpaired) electrons. The molecule has 0 bridgehead atoms. The first-order valence-corrected chi connectivity index (χ1v) is 6.40. The van der Waals surface area contributed by atoms with Crippen molar-refractivity contribution in [1.82, 2.24) is 5.32 Å². The van der Waals surface area contributed by atoms with Crippen LogP contribution in [0.3, 0.4) is 0 Å². The van der Waals surface area contributed by atoms with Crippen LogP contribution in [0.25, 0.3) is 0 Å². The summed E-state index contributed by atoms with van der Waals surface area (Å²) in [6, 6.07) is 4.69. The molecule has 1 aliphatic rings. The summed E-state index contributed by atoms with van der Waals surface area (Å²) in [5.41, 5.74) is 0.328.